The molecule has 0 saturated heterocycles. The fourth-order valence-electron chi connectivity index (χ4n) is 3.62. The normalized spacial score (nSPS) is 16.6. The first-order valence-electron chi connectivity index (χ1n) is 8.68. The number of fused-ring (bicyclic) bond motifs is 3. The SMILES string of the molecule is O=C1CC(c2ccccc2)Cc2c1cnc1nc(-c3ccccc3)nn21. The quantitative estimate of drug-likeness (QED) is 0.558. The molecule has 0 amide bonds. The van der Waals surface area contributed by atoms with Gasteiger partial charge < -0.3 is 0 Å². The van der Waals surface area contributed by atoms with Crippen LogP contribution in [0, 0.1) is 0 Å². The Morgan fingerprint density at radius 2 is 1.65 bits per heavy atom. The van der Waals surface area contributed by atoms with Crippen molar-refractivity contribution in [1.29, 1.82) is 0 Å². The zero-order valence-electron chi connectivity index (χ0n) is 14.0. The van der Waals surface area contributed by atoms with Crippen molar-refractivity contribution in [1.82, 2.24) is 19.6 Å². The summed E-state index contributed by atoms with van der Waals surface area (Å²) in [5.74, 6) is 1.43. The topological polar surface area (TPSA) is 60.2 Å². The van der Waals surface area contributed by atoms with Crippen molar-refractivity contribution >= 4 is 11.6 Å². The molecule has 2 aromatic carbocycles. The van der Waals surface area contributed by atoms with Crippen molar-refractivity contribution in [3.8, 4) is 11.4 Å². The molecular formula is C21H16N4O. The van der Waals surface area contributed by atoms with Gasteiger partial charge in [-0.15, -0.1) is 5.10 Å². The second-order valence-corrected chi connectivity index (χ2v) is 6.57. The van der Waals surface area contributed by atoms with Crippen LogP contribution in [0.25, 0.3) is 17.2 Å². The maximum absolute atomic E-state index is 12.7. The van der Waals surface area contributed by atoms with E-state index >= 15 is 0 Å². The van der Waals surface area contributed by atoms with Crippen molar-refractivity contribution < 1.29 is 4.79 Å². The Hall–Kier alpha value is -3.34. The molecule has 1 aliphatic rings. The van der Waals surface area contributed by atoms with Gasteiger partial charge in [0.25, 0.3) is 5.78 Å². The van der Waals surface area contributed by atoms with E-state index in [9.17, 15) is 4.79 Å². The molecule has 0 bridgehead atoms. The molecule has 4 aromatic rings. The van der Waals surface area contributed by atoms with Crippen LogP contribution in [0.4, 0.5) is 0 Å². The molecule has 1 atom stereocenters. The third-order valence-electron chi connectivity index (χ3n) is 4.94. The monoisotopic (exact) mass is 340 g/mol. The molecule has 2 aromatic heterocycles. The van der Waals surface area contributed by atoms with Crippen molar-refractivity contribution in [2.75, 3.05) is 0 Å². The van der Waals surface area contributed by atoms with Gasteiger partial charge in [-0.1, -0.05) is 60.7 Å². The Bertz CT molecular complexity index is 1100. The standard InChI is InChI=1S/C21H16N4O/c26-19-12-16(14-7-3-1-4-8-14)11-18-17(19)13-22-21-23-20(24-25(18)21)15-9-5-2-6-10-15/h1-10,13,16H,11-12H2. The van der Waals surface area contributed by atoms with Gasteiger partial charge in [-0.25, -0.2) is 4.98 Å². The number of nitrogens with zero attached hydrogens (tertiary/aromatic N) is 4. The molecule has 0 aliphatic heterocycles. The van der Waals surface area contributed by atoms with Crippen LogP contribution in [0.15, 0.2) is 66.9 Å². The van der Waals surface area contributed by atoms with E-state index in [0.717, 1.165) is 17.7 Å². The van der Waals surface area contributed by atoms with E-state index in [1.807, 2.05) is 48.5 Å². The van der Waals surface area contributed by atoms with Gasteiger partial charge in [0.1, 0.15) is 0 Å². The van der Waals surface area contributed by atoms with Crippen LogP contribution in [-0.4, -0.2) is 25.4 Å². The predicted octanol–water partition coefficient (Wildman–Crippen LogP) is 3.70. The number of rotatable bonds is 2. The van der Waals surface area contributed by atoms with Gasteiger partial charge in [0.2, 0.25) is 0 Å². The lowest BCUT2D eigenvalue weighted by molar-refractivity contribution is 0.0962. The van der Waals surface area contributed by atoms with Crippen LogP contribution in [0.2, 0.25) is 0 Å². The lowest BCUT2D eigenvalue weighted by atomic mass is 9.82. The number of Topliss-reactive ketones (excluding diaryl/α,β-unsaturated/α-hetero) is 1. The highest BCUT2D eigenvalue weighted by atomic mass is 16.1. The molecule has 1 unspecified atom stereocenters. The van der Waals surface area contributed by atoms with Crippen LogP contribution < -0.4 is 0 Å². The molecule has 126 valence electrons. The Labute approximate surface area is 150 Å². The van der Waals surface area contributed by atoms with E-state index in [2.05, 4.69) is 27.2 Å². The summed E-state index contributed by atoms with van der Waals surface area (Å²) in [6, 6.07) is 20.0. The van der Waals surface area contributed by atoms with Crippen molar-refractivity contribution in [2.24, 2.45) is 0 Å². The number of hydrogen-bond acceptors (Lipinski definition) is 4. The van der Waals surface area contributed by atoms with Crippen LogP contribution >= 0.6 is 0 Å². The molecular weight excluding hydrogens is 324 g/mol. The number of benzene rings is 2. The fraction of sp³-hybridized carbons (Fsp3) is 0.143. The molecule has 5 nitrogen and oxygen atoms in total. The lowest BCUT2D eigenvalue weighted by Crippen LogP contribution is -2.22. The van der Waals surface area contributed by atoms with Gasteiger partial charge in [-0.05, 0) is 17.9 Å². The maximum Gasteiger partial charge on any atom is 0.252 e. The van der Waals surface area contributed by atoms with E-state index in [1.54, 1.807) is 10.7 Å². The second kappa shape index (κ2) is 5.88. The molecule has 1 aliphatic carbocycles. The Balaban J connectivity index is 1.63. The number of carbonyl (C=O) groups is 1. The summed E-state index contributed by atoms with van der Waals surface area (Å²) in [6.07, 6.45) is 2.91. The molecule has 5 heteroatoms. The molecule has 2 heterocycles. The van der Waals surface area contributed by atoms with Crippen LogP contribution in [0.1, 0.15) is 34.0 Å². The highest BCUT2D eigenvalue weighted by Crippen LogP contribution is 2.32. The van der Waals surface area contributed by atoms with E-state index in [0.29, 0.717) is 23.6 Å². The second-order valence-electron chi connectivity index (χ2n) is 6.57. The largest absolute Gasteiger partial charge is 0.294 e. The minimum Gasteiger partial charge on any atom is -0.294 e. The van der Waals surface area contributed by atoms with E-state index < -0.39 is 0 Å². The van der Waals surface area contributed by atoms with Gasteiger partial charge in [0, 0.05) is 18.2 Å². The zero-order chi connectivity index (χ0) is 17.5. The molecule has 5 rings (SSSR count). The highest BCUT2D eigenvalue weighted by Gasteiger charge is 2.29. The van der Waals surface area contributed by atoms with Gasteiger partial charge in [0.15, 0.2) is 11.6 Å². The van der Waals surface area contributed by atoms with Gasteiger partial charge in [-0.3, -0.25) is 4.79 Å². The first-order chi connectivity index (χ1) is 12.8. The molecule has 0 radical (unpaired) electrons. The van der Waals surface area contributed by atoms with Crippen molar-refractivity contribution in [3.05, 3.63) is 83.7 Å². The number of ketones is 1. The van der Waals surface area contributed by atoms with Gasteiger partial charge in [0.05, 0.1) is 11.3 Å². The summed E-state index contributed by atoms with van der Waals surface area (Å²) in [7, 11) is 0. The van der Waals surface area contributed by atoms with E-state index in [-0.39, 0.29) is 11.7 Å². The number of carbonyl (C=O) groups excluding carboxylic acids is 1. The maximum atomic E-state index is 12.7. The minimum atomic E-state index is 0.117. The molecule has 0 N–H and O–H groups in total. The summed E-state index contributed by atoms with van der Waals surface area (Å²) >= 11 is 0. The Morgan fingerprint density at radius 3 is 2.42 bits per heavy atom. The summed E-state index contributed by atoms with van der Waals surface area (Å²) < 4.78 is 1.74. The molecule has 0 fully saturated rings. The molecule has 0 saturated carbocycles. The van der Waals surface area contributed by atoms with Gasteiger partial charge in [-0.2, -0.15) is 9.50 Å². The third-order valence-corrected chi connectivity index (χ3v) is 4.94. The number of hydrogen-bond donors (Lipinski definition) is 0. The first-order valence-corrected chi connectivity index (χ1v) is 8.68. The Kier molecular flexibility index (Phi) is 3.38. The highest BCUT2D eigenvalue weighted by molar-refractivity contribution is 5.98. The third kappa shape index (κ3) is 2.40. The molecule has 0 spiro atoms. The lowest BCUT2D eigenvalue weighted by Gasteiger charge is -2.23. The molecule has 26 heavy (non-hydrogen) atoms. The summed E-state index contributed by atoms with van der Waals surface area (Å²) in [5, 5.41) is 4.65. The summed E-state index contributed by atoms with van der Waals surface area (Å²) in [5.41, 5.74) is 3.68. The summed E-state index contributed by atoms with van der Waals surface area (Å²) in [6.45, 7) is 0. The first kappa shape index (κ1) is 15.0. The van der Waals surface area contributed by atoms with E-state index in [4.69, 9.17) is 0 Å². The summed E-state index contributed by atoms with van der Waals surface area (Å²) in [4.78, 5) is 21.6. The minimum absolute atomic E-state index is 0.117. The average molecular weight is 340 g/mol. The van der Waals surface area contributed by atoms with Crippen molar-refractivity contribution in [2.45, 2.75) is 18.8 Å². The predicted molar refractivity (Wildman–Crippen MR) is 98.1 cm³/mol. The van der Waals surface area contributed by atoms with E-state index in [1.165, 1.54) is 5.56 Å². The van der Waals surface area contributed by atoms with Crippen LogP contribution in [0.5, 0.6) is 0 Å². The zero-order valence-corrected chi connectivity index (χ0v) is 14.0. The van der Waals surface area contributed by atoms with Crippen LogP contribution in [0.3, 0.4) is 0 Å². The fourth-order valence-corrected chi connectivity index (χ4v) is 3.62. The smallest absolute Gasteiger partial charge is 0.252 e. The van der Waals surface area contributed by atoms with Gasteiger partial charge >= 0.3 is 0 Å². The van der Waals surface area contributed by atoms with Crippen molar-refractivity contribution in [3.63, 3.8) is 0 Å². The average Bonchev–Trinajstić information content (AvgIpc) is 3.14. The number of aromatic nitrogens is 4. The Morgan fingerprint density at radius 1 is 0.923 bits per heavy atom. The van der Waals surface area contributed by atoms with Crippen LogP contribution in [-0.2, 0) is 6.42 Å².